The Balaban J connectivity index is 2.59. The zero-order valence-corrected chi connectivity index (χ0v) is 10.6. The van der Waals surface area contributed by atoms with E-state index in [0.29, 0.717) is 12.3 Å². The molecule has 0 aromatic carbocycles. The van der Waals surface area contributed by atoms with E-state index in [1.807, 2.05) is 13.8 Å². The molecule has 1 rings (SSSR count). The molecule has 17 heavy (non-hydrogen) atoms. The topological polar surface area (TPSA) is 71.7 Å². The molecule has 0 amide bonds. The van der Waals surface area contributed by atoms with Crippen molar-refractivity contribution >= 4 is 5.97 Å². The summed E-state index contributed by atoms with van der Waals surface area (Å²) in [5.74, 6) is 0.310. The third kappa shape index (κ3) is 3.57. The molecule has 0 aliphatic rings. The second-order valence-electron chi connectivity index (χ2n) is 4.51. The highest BCUT2D eigenvalue weighted by atomic mass is 16.5. The Kier molecular flexibility index (Phi) is 4.31. The van der Waals surface area contributed by atoms with Gasteiger partial charge in [-0.1, -0.05) is 0 Å². The first-order valence-electron chi connectivity index (χ1n) is 5.47. The van der Waals surface area contributed by atoms with Crippen LogP contribution in [0.1, 0.15) is 37.1 Å². The van der Waals surface area contributed by atoms with E-state index in [1.165, 1.54) is 7.11 Å². The molecule has 0 spiro atoms. The minimum atomic E-state index is -0.494. The van der Waals surface area contributed by atoms with Crippen LogP contribution in [-0.2, 0) is 11.3 Å². The van der Waals surface area contributed by atoms with E-state index in [9.17, 15) is 9.90 Å². The summed E-state index contributed by atoms with van der Waals surface area (Å²) < 4.78 is 9.83. The zero-order valence-electron chi connectivity index (χ0n) is 10.6. The molecule has 0 saturated carbocycles. The molecule has 96 valence electrons. The first-order chi connectivity index (χ1) is 7.86. The zero-order chi connectivity index (χ0) is 13.1. The van der Waals surface area contributed by atoms with Gasteiger partial charge in [0.1, 0.15) is 5.76 Å². The summed E-state index contributed by atoms with van der Waals surface area (Å²) in [5.41, 5.74) is -0.418. The van der Waals surface area contributed by atoms with E-state index in [-0.39, 0.29) is 5.76 Å². The molecule has 0 radical (unpaired) electrons. The molecule has 1 aromatic rings. The fourth-order valence-corrected chi connectivity index (χ4v) is 1.15. The minimum Gasteiger partial charge on any atom is -0.463 e. The summed E-state index contributed by atoms with van der Waals surface area (Å²) >= 11 is 0. The van der Waals surface area contributed by atoms with Gasteiger partial charge >= 0.3 is 5.97 Å². The van der Waals surface area contributed by atoms with Crippen LogP contribution in [-0.4, -0.2) is 29.8 Å². The lowest BCUT2D eigenvalue weighted by atomic mass is 9.99. The number of esters is 1. The van der Waals surface area contributed by atoms with E-state index in [2.05, 4.69) is 10.1 Å². The maximum atomic E-state index is 11.2. The van der Waals surface area contributed by atoms with E-state index in [1.54, 1.807) is 19.1 Å². The predicted octanol–water partition coefficient (Wildman–Crippen LogP) is 1.32. The van der Waals surface area contributed by atoms with Crippen LogP contribution < -0.4 is 5.32 Å². The van der Waals surface area contributed by atoms with E-state index < -0.39 is 17.6 Å². The van der Waals surface area contributed by atoms with Crippen molar-refractivity contribution in [3.8, 4) is 0 Å². The Hall–Kier alpha value is -1.33. The number of hydrogen-bond donors (Lipinski definition) is 2. The smallest absolute Gasteiger partial charge is 0.373 e. The number of aliphatic hydroxyl groups is 1. The van der Waals surface area contributed by atoms with E-state index in [4.69, 9.17) is 4.42 Å². The van der Waals surface area contributed by atoms with Crippen molar-refractivity contribution in [3.05, 3.63) is 23.7 Å². The summed E-state index contributed by atoms with van der Waals surface area (Å²) in [6.45, 7) is 5.94. The van der Waals surface area contributed by atoms with Gasteiger partial charge in [0.05, 0.1) is 19.8 Å². The third-order valence-electron chi connectivity index (χ3n) is 2.81. The Morgan fingerprint density at radius 3 is 2.76 bits per heavy atom. The molecule has 1 heterocycles. The number of carbonyl (C=O) groups is 1. The Bertz CT molecular complexity index is 382. The average Bonchev–Trinajstić information content (AvgIpc) is 2.74. The number of hydrogen-bond acceptors (Lipinski definition) is 5. The average molecular weight is 241 g/mol. The van der Waals surface area contributed by atoms with Gasteiger partial charge in [-0.2, -0.15) is 0 Å². The maximum absolute atomic E-state index is 11.2. The molecule has 1 aromatic heterocycles. The van der Waals surface area contributed by atoms with Gasteiger partial charge in [0, 0.05) is 5.54 Å². The van der Waals surface area contributed by atoms with Crippen molar-refractivity contribution in [3.63, 3.8) is 0 Å². The van der Waals surface area contributed by atoms with Crippen LogP contribution in [0.25, 0.3) is 0 Å². The second-order valence-corrected chi connectivity index (χ2v) is 4.51. The third-order valence-corrected chi connectivity index (χ3v) is 2.81. The highest BCUT2D eigenvalue weighted by Gasteiger charge is 2.23. The number of carbonyl (C=O) groups excluding carboxylic acids is 1. The van der Waals surface area contributed by atoms with Crippen molar-refractivity contribution in [1.82, 2.24) is 5.32 Å². The van der Waals surface area contributed by atoms with Gasteiger partial charge < -0.3 is 19.6 Å². The van der Waals surface area contributed by atoms with Gasteiger partial charge in [0.2, 0.25) is 5.76 Å². The van der Waals surface area contributed by atoms with Gasteiger partial charge in [-0.25, -0.2) is 4.79 Å². The molecule has 1 unspecified atom stereocenters. The molecule has 1 atom stereocenters. The summed E-state index contributed by atoms with van der Waals surface area (Å²) in [4.78, 5) is 11.2. The van der Waals surface area contributed by atoms with Gasteiger partial charge in [-0.05, 0) is 32.9 Å². The molecule has 0 aliphatic heterocycles. The Morgan fingerprint density at radius 1 is 1.59 bits per heavy atom. The van der Waals surface area contributed by atoms with Crippen molar-refractivity contribution in [1.29, 1.82) is 0 Å². The van der Waals surface area contributed by atoms with Crippen LogP contribution in [0, 0.1) is 0 Å². The first kappa shape index (κ1) is 13.7. The molecule has 0 saturated heterocycles. The van der Waals surface area contributed by atoms with Crippen LogP contribution in [0.3, 0.4) is 0 Å². The number of rotatable bonds is 5. The van der Waals surface area contributed by atoms with Crippen molar-refractivity contribution < 1.29 is 19.1 Å². The van der Waals surface area contributed by atoms with Crippen LogP contribution in [0.4, 0.5) is 0 Å². The quantitative estimate of drug-likeness (QED) is 0.761. The van der Waals surface area contributed by atoms with Gasteiger partial charge in [0.15, 0.2) is 0 Å². The largest absolute Gasteiger partial charge is 0.463 e. The number of nitrogens with one attached hydrogen (secondary N) is 1. The summed E-state index contributed by atoms with van der Waals surface area (Å²) in [5, 5.41) is 12.7. The molecule has 2 N–H and O–H groups in total. The molecular formula is C12H19NO4. The summed E-state index contributed by atoms with van der Waals surface area (Å²) in [6, 6.07) is 3.27. The SMILES string of the molecule is COC(=O)c1ccc(CNC(C)(C)C(C)O)o1. The lowest BCUT2D eigenvalue weighted by Crippen LogP contribution is -2.47. The maximum Gasteiger partial charge on any atom is 0.373 e. The van der Waals surface area contributed by atoms with Crippen molar-refractivity contribution in [2.45, 2.75) is 39.0 Å². The molecule has 5 nitrogen and oxygen atoms in total. The summed E-state index contributed by atoms with van der Waals surface area (Å²) in [7, 11) is 1.30. The Morgan fingerprint density at radius 2 is 2.24 bits per heavy atom. The molecular weight excluding hydrogens is 222 g/mol. The second kappa shape index (κ2) is 5.33. The van der Waals surface area contributed by atoms with Gasteiger partial charge in [-0.15, -0.1) is 0 Å². The predicted molar refractivity (Wildman–Crippen MR) is 62.6 cm³/mol. The fourth-order valence-electron chi connectivity index (χ4n) is 1.15. The molecule has 5 heteroatoms. The lowest BCUT2D eigenvalue weighted by Gasteiger charge is -2.29. The van der Waals surface area contributed by atoms with Gasteiger partial charge in [0.25, 0.3) is 0 Å². The first-order valence-corrected chi connectivity index (χ1v) is 5.47. The number of methoxy groups -OCH3 is 1. The van der Waals surface area contributed by atoms with E-state index >= 15 is 0 Å². The normalized spacial score (nSPS) is 13.5. The number of ether oxygens (including phenoxy) is 1. The number of aliphatic hydroxyl groups excluding tert-OH is 1. The van der Waals surface area contributed by atoms with Crippen molar-refractivity contribution in [2.75, 3.05) is 7.11 Å². The van der Waals surface area contributed by atoms with Crippen LogP contribution in [0.2, 0.25) is 0 Å². The monoisotopic (exact) mass is 241 g/mol. The highest BCUT2D eigenvalue weighted by molar-refractivity contribution is 5.86. The van der Waals surface area contributed by atoms with Crippen LogP contribution >= 0.6 is 0 Å². The van der Waals surface area contributed by atoms with Crippen LogP contribution in [0.5, 0.6) is 0 Å². The summed E-state index contributed by atoms with van der Waals surface area (Å²) in [6.07, 6.45) is -0.488. The number of furan rings is 1. The molecule has 0 aliphatic carbocycles. The molecule has 0 fully saturated rings. The lowest BCUT2D eigenvalue weighted by molar-refractivity contribution is 0.0561. The standard InChI is InChI=1S/C12H19NO4/c1-8(14)12(2,3)13-7-9-5-6-10(17-9)11(15)16-4/h5-6,8,13-14H,7H2,1-4H3. The highest BCUT2D eigenvalue weighted by Crippen LogP contribution is 2.13. The van der Waals surface area contributed by atoms with Crippen molar-refractivity contribution in [2.24, 2.45) is 0 Å². The van der Waals surface area contributed by atoms with Gasteiger partial charge in [-0.3, -0.25) is 0 Å². The van der Waals surface area contributed by atoms with E-state index in [0.717, 1.165) is 0 Å². The Labute approximate surface area is 101 Å². The van der Waals surface area contributed by atoms with Crippen LogP contribution in [0.15, 0.2) is 16.5 Å². The molecule has 0 bridgehead atoms. The fraction of sp³-hybridized carbons (Fsp3) is 0.583. The minimum absolute atomic E-state index is 0.180.